The molecule has 1 aliphatic rings. The van der Waals surface area contributed by atoms with Crippen molar-refractivity contribution in [2.75, 3.05) is 13.2 Å². The van der Waals surface area contributed by atoms with Crippen molar-refractivity contribution in [3.63, 3.8) is 0 Å². The van der Waals surface area contributed by atoms with E-state index in [4.69, 9.17) is 4.74 Å². The predicted octanol–water partition coefficient (Wildman–Crippen LogP) is 3.06. The molecule has 21 heavy (non-hydrogen) atoms. The second-order valence-corrected chi connectivity index (χ2v) is 5.62. The summed E-state index contributed by atoms with van der Waals surface area (Å²) in [7, 11) is 0. The number of unbranched alkanes of at least 4 members (excludes halogenated alkanes) is 1. The first-order chi connectivity index (χ1) is 10.2. The Hall–Kier alpha value is -1.55. The summed E-state index contributed by atoms with van der Waals surface area (Å²) in [5, 5.41) is 13.4. The minimum atomic E-state index is -0.525. The fourth-order valence-electron chi connectivity index (χ4n) is 2.78. The summed E-state index contributed by atoms with van der Waals surface area (Å²) in [6.07, 6.45) is 3.66. The van der Waals surface area contributed by atoms with Crippen molar-refractivity contribution in [1.29, 1.82) is 0 Å². The number of amides is 1. The average Bonchev–Trinajstić information content (AvgIpc) is 2.69. The molecule has 2 rings (SSSR count). The van der Waals surface area contributed by atoms with Crippen LogP contribution < -0.4 is 10.1 Å². The zero-order chi connectivity index (χ0) is 15.2. The molecule has 1 aromatic carbocycles. The fourth-order valence-corrected chi connectivity index (χ4v) is 2.78. The SMILES string of the molecule is CCCCC(CC)C(O)c1ccc2c(c1)C(=O)NCCO2. The maximum Gasteiger partial charge on any atom is 0.255 e. The highest BCUT2D eigenvalue weighted by Gasteiger charge is 2.22. The number of aliphatic hydroxyl groups is 1. The van der Waals surface area contributed by atoms with Crippen LogP contribution in [0.15, 0.2) is 18.2 Å². The third kappa shape index (κ3) is 3.76. The first-order valence-electron chi connectivity index (χ1n) is 7.90. The Morgan fingerprint density at radius 3 is 2.90 bits per heavy atom. The minimum absolute atomic E-state index is 0.127. The van der Waals surface area contributed by atoms with E-state index in [0.29, 0.717) is 24.5 Å². The second-order valence-electron chi connectivity index (χ2n) is 5.62. The normalized spacial score (nSPS) is 17.2. The van der Waals surface area contributed by atoms with Gasteiger partial charge in [0.25, 0.3) is 5.91 Å². The Morgan fingerprint density at radius 1 is 1.38 bits per heavy atom. The highest BCUT2D eigenvalue weighted by atomic mass is 16.5. The largest absolute Gasteiger partial charge is 0.491 e. The van der Waals surface area contributed by atoms with Gasteiger partial charge in [-0.25, -0.2) is 0 Å². The van der Waals surface area contributed by atoms with Crippen LogP contribution in [0.5, 0.6) is 5.75 Å². The molecule has 0 radical (unpaired) electrons. The monoisotopic (exact) mass is 291 g/mol. The lowest BCUT2D eigenvalue weighted by Crippen LogP contribution is -2.24. The third-order valence-electron chi connectivity index (χ3n) is 4.13. The number of benzene rings is 1. The molecule has 2 unspecified atom stereocenters. The van der Waals surface area contributed by atoms with Crippen molar-refractivity contribution in [2.24, 2.45) is 5.92 Å². The number of hydrogen-bond acceptors (Lipinski definition) is 3. The first kappa shape index (κ1) is 15.8. The molecule has 116 valence electrons. The van der Waals surface area contributed by atoms with E-state index in [1.54, 1.807) is 12.1 Å². The molecular formula is C17H25NO3. The quantitative estimate of drug-likeness (QED) is 0.847. The topological polar surface area (TPSA) is 58.6 Å². The van der Waals surface area contributed by atoms with E-state index in [1.165, 1.54) is 0 Å². The molecule has 2 N–H and O–H groups in total. The molecule has 0 bridgehead atoms. The number of carbonyl (C=O) groups is 1. The van der Waals surface area contributed by atoms with E-state index in [-0.39, 0.29) is 11.8 Å². The van der Waals surface area contributed by atoms with E-state index in [1.807, 2.05) is 6.07 Å². The van der Waals surface area contributed by atoms with Gasteiger partial charge in [0.1, 0.15) is 12.4 Å². The molecule has 4 heteroatoms. The third-order valence-corrected chi connectivity index (χ3v) is 4.13. The molecule has 2 atom stereocenters. The van der Waals surface area contributed by atoms with Gasteiger partial charge in [0.2, 0.25) is 0 Å². The number of rotatable bonds is 6. The summed E-state index contributed by atoms with van der Waals surface area (Å²) in [4.78, 5) is 12.0. The van der Waals surface area contributed by atoms with Gasteiger partial charge < -0.3 is 15.2 Å². The smallest absolute Gasteiger partial charge is 0.255 e. The van der Waals surface area contributed by atoms with E-state index in [9.17, 15) is 9.90 Å². The number of ether oxygens (including phenoxy) is 1. The van der Waals surface area contributed by atoms with Crippen LogP contribution in [-0.4, -0.2) is 24.2 Å². The molecule has 1 heterocycles. The predicted molar refractivity (Wildman–Crippen MR) is 82.5 cm³/mol. The Kier molecular flexibility index (Phi) is 5.62. The number of aliphatic hydroxyl groups excluding tert-OH is 1. The van der Waals surface area contributed by atoms with Gasteiger partial charge in [-0.1, -0.05) is 39.2 Å². The van der Waals surface area contributed by atoms with Crippen LogP contribution >= 0.6 is 0 Å². The van der Waals surface area contributed by atoms with Gasteiger partial charge in [-0.15, -0.1) is 0 Å². The lowest BCUT2D eigenvalue weighted by Gasteiger charge is -2.22. The summed E-state index contributed by atoms with van der Waals surface area (Å²) >= 11 is 0. The van der Waals surface area contributed by atoms with Crippen molar-refractivity contribution in [3.05, 3.63) is 29.3 Å². The average molecular weight is 291 g/mol. The molecule has 0 aromatic heterocycles. The van der Waals surface area contributed by atoms with Gasteiger partial charge in [-0.2, -0.15) is 0 Å². The van der Waals surface area contributed by atoms with Crippen molar-refractivity contribution in [3.8, 4) is 5.75 Å². The van der Waals surface area contributed by atoms with E-state index in [0.717, 1.165) is 31.2 Å². The van der Waals surface area contributed by atoms with Gasteiger partial charge in [-0.3, -0.25) is 4.79 Å². The molecule has 0 spiro atoms. The summed E-state index contributed by atoms with van der Waals surface area (Å²) in [6, 6.07) is 5.44. The molecule has 1 amide bonds. The number of hydrogen-bond donors (Lipinski definition) is 2. The Bertz CT molecular complexity index is 487. The summed E-state index contributed by atoms with van der Waals surface area (Å²) in [5.74, 6) is 0.707. The summed E-state index contributed by atoms with van der Waals surface area (Å²) in [5.41, 5.74) is 1.33. The van der Waals surface area contributed by atoms with Gasteiger partial charge in [0.15, 0.2) is 0 Å². The Morgan fingerprint density at radius 2 is 2.19 bits per heavy atom. The van der Waals surface area contributed by atoms with E-state index < -0.39 is 6.10 Å². The Labute approximate surface area is 126 Å². The summed E-state index contributed by atoms with van der Waals surface area (Å²) < 4.78 is 5.54. The number of nitrogens with one attached hydrogen (secondary N) is 1. The molecule has 0 fully saturated rings. The van der Waals surface area contributed by atoms with Crippen LogP contribution in [0.4, 0.5) is 0 Å². The summed E-state index contributed by atoms with van der Waals surface area (Å²) in [6.45, 7) is 5.25. The lowest BCUT2D eigenvalue weighted by atomic mass is 9.88. The molecule has 1 aromatic rings. The van der Waals surface area contributed by atoms with Gasteiger partial charge in [0.05, 0.1) is 18.2 Å². The first-order valence-corrected chi connectivity index (χ1v) is 7.90. The number of carbonyl (C=O) groups excluding carboxylic acids is 1. The zero-order valence-electron chi connectivity index (χ0n) is 12.9. The van der Waals surface area contributed by atoms with Gasteiger partial charge in [0, 0.05) is 0 Å². The zero-order valence-corrected chi connectivity index (χ0v) is 12.9. The Balaban J connectivity index is 2.21. The van der Waals surface area contributed by atoms with Crippen molar-refractivity contribution in [2.45, 2.75) is 45.6 Å². The molecule has 0 saturated heterocycles. The highest BCUT2D eigenvalue weighted by Crippen LogP contribution is 2.32. The lowest BCUT2D eigenvalue weighted by molar-refractivity contribution is 0.0950. The van der Waals surface area contributed by atoms with Crippen molar-refractivity contribution < 1.29 is 14.6 Å². The van der Waals surface area contributed by atoms with Gasteiger partial charge in [-0.05, 0) is 30.0 Å². The van der Waals surface area contributed by atoms with Crippen LogP contribution in [-0.2, 0) is 0 Å². The van der Waals surface area contributed by atoms with Crippen LogP contribution in [0.3, 0.4) is 0 Å². The second kappa shape index (κ2) is 7.46. The van der Waals surface area contributed by atoms with Crippen molar-refractivity contribution in [1.82, 2.24) is 5.32 Å². The number of fused-ring (bicyclic) bond motifs is 1. The highest BCUT2D eigenvalue weighted by molar-refractivity contribution is 5.97. The van der Waals surface area contributed by atoms with Crippen LogP contribution in [0.1, 0.15) is 61.6 Å². The molecule has 4 nitrogen and oxygen atoms in total. The maximum absolute atomic E-state index is 12.0. The van der Waals surface area contributed by atoms with E-state index in [2.05, 4.69) is 19.2 Å². The van der Waals surface area contributed by atoms with Gasteiger partial charge >= 0.3 is 0 Å². The minimum Gasteiger partial charge on any atom is -0.491 e. The molecule has 0 saturated carbocycles. The standard InChI is InChI=1S/C17H25NO3/c1-3-5-6-12(4-2)16(19)13-7-8-15-14(11-13)17(20)18-9-10-21-15/h7-8,11-12,16,19H,3-6,9-10H2,1-2H3,(H,18,20). The molecule has 1 aliphatic heterocycles. The van der Waals surface area contributed by atoms with Crippen LogP contribution in [0, 0.1) is 5.92 Å². The molecular weight excluding hydrogens is 266 g/mol. The van der Waals surface area contributed by atoms with Crippen LogP contribution in [0.2, 0.25) is 0 Å². The maximum atomic E-state index is 12.0. The fraction of sp³-hybridized carbons (Fsp3) is 0.588. The van der Waals surface area contributed by atoms with Crippen LogP contribution in [0.25, 0.3) is 0 Å². The van der Waals surface area contributed by atoms with E-state index >= 15 is 0 Å². The van der Waals surface area contributed by atoms with Crippen molar-refractivity contribution >= 4 is 5.91 Å². The molecule has 0 aliphatic carbocycles.